The van der Waals surface area contributed by atoms with Crippen LogP contribution in [-0.2, 0) is 0 Å². The highest BCUT2D eigenvalue weighted by atomic mass is 35.5. The molecule has 0 aliphatic rings. The third-order valence-corrected chi connectivity index (χ3v) is 3.53. The Balaban J connectivity index is 2.75. The van der Waals surface area contributed by atoms with Gasteiger partial charge in [0.15, 0.2) is 5.69 Å². The Bertz CT molecular complexity index is 976. The molecule has 0 radical (unpaired) electrons. The number of nitrogens with two attached hydrogens (primary N) is 1. The number of aromatic hydroxyl groups is 1. The van der Waals surface area contributed by atoms with Crippen molar-refractivity contribution in [2.75, 3.05) is 0 Å². The molecular formula is C16H9ClFN5O2. The van der Waals surface area contributed by atoms with Gasteiger partial charge >= 0.3 is 0 Å². The maximum Gasteiger partial charge on any atom is 0.261 e. The second kappa shape index (κ2) is 7.30. The van der Waals surface area contributed by atoms with Crippen molar-refractivity contribution in [3.8, 4) is 23.1 Å². The fraction of sp³-hybridized carbons (Fsp3) is 0. The van der Waals surface area contributed by atoms with E-state index < -0.39 is 23.4 Å². The lowest BCUT2D eigenvalue weighted by molar-refractivity contribution is 0.0975. The second-order valence-corrected chi connectivity index (χ2v) is 5.00. The minimum Gasteiger partial charge on any atom is -0.507 e. The topological polar surface area (TPSA) is 116 Å². The van der Waals surface area contributed by atoms with Gasteiger partial charge in [-0.3, -0.25) is 10.1 Å². The number of nitrogens with zero attached hydrogens (tertiary/aromatic N) is 3. The van der Waals surface area contributed by atoms with E-state index in [-0.39, 0.29) is 27.4 Å². The van der Waals surface area contributed by atoms with Crippen molar-refractivity contribution in [3.63, 3.8) is 0 Å². The highest BCUT2D eigenvalue weighted by molar-refractivity contribution is 6.34. The van der Waals surface area contributed by atoms with Crippen molar-refractivity contribution in [3.05, 3.63) is 58.2 Å². The number of carbonyl (C=O) groups is 1. The molecule has 0 aliphatic carbocycles. The highest BCUT2D eigenvalue weighted by Crippen LogP contribution is 2.42. The van der Waals surface area contributed by atoms with E-state index in [1.807, 2.05) is 0 Å². The SMILES string of the molecule is [C-]#[N+]c1ccc(O)c(C(=O)NC(N)=NC#N)c1-c1cccc(F)c1Cl. The van der Waals surface area contributed by atoms with Crippen molar-refractivity contribution in [1.29, 1.82) is 5.26 Å². The summed E-state index contributed by atoms with van der Waals surface area (Å²) in [5.41, 5.74) is 4.95. The fourth-order valence-corrected chi connectivity index (χ4v) is 2.35. The van der Waals surface area contributed by atoms with E-state index in [4.69, 9.17) is 29.2 Å². The summed E-state index contributed by atoms with van der Waals surface area (Å²) in [5, 5.41) is 20.3. The standard InChI is InChI=1S/C16H9ClFN5O2/c1-21-10-5-6-11(24)13(15(25)23-16(20)22-7-19)12(10)8-3-2-4-9(18)14(8)17/h2-6,24H,(H3,20,22,23,25). The van der Waals surface area contributed by atoms with E-state index in [1.54, 1.807) is 0 Å². The average molecular weight is 358 g/mol. The third-order valence-electron chi connectivity index (χ3n) is 3.14. The van der Waals surface area contributed by atoms with Crippen LogP contribution >= 0.6 is 11.6 Å². The number of amides is 1. The summed E-state index contributed by atoms with van der Waals surface area (Å²) in [4.78, 5) is 18.8. The quantitative estimate of drug-likeness (QED) is 0.331. The lowest BCUT2D eigenvalue weighted by Gasteiger charge is -2.15. The first kappa shape index (κ1) is 17.7. The van der Waals surface area contributed by atoms with E-state index in [9.17, 15) is 14.3 Å². The molecular weight excluding hydrogens is 349 g/mol. The van der Waals surface area contributed by atoms with Crippen LogP contribution < -0.4 is 11.1 Å². The fourth-order valence-electron chi connectivity index (χ4n) is 2.13. The Kier molecular flexibility index (Phi) is 5.18. The van der Waals surface area contributed by atoms with Crippen LogP contribution in [0.25, 0.3) is 16.0 Å². The zero-order valence-electron chi connectivity index (χ0n) is 12.4. The number of rotatable bonds is 2. The van der Waals surface area contributed by atoms with Gasteiger partial charge in [0.05, 0.1) is 17.2 Å². The first-order valence-electron chi connectivity index (χ1n) is 6.62. The van der Waals surface area contributed by atoms with Crippen LogP contribution in [0.1, 0.15) is 10.4 Å². The van der Waals surface area contributed by atoms with Crippen LogP contribution in [0.3, 0.4) is 0 Å². The second-order valence-electron chi connectivity index (χ2n) is 4.62. The summed E-state index contributed by atoms with van der Waals surface area (Å²) < 4.78 is 13.8. The normalized spacial score (nSPS) is 10.6. The summed E-state index contributed by atoms with van der Waals surface area (Å²) >= 11 is 5.96. The van der Waals surface area contributed by atoms with Crippen molar-refractivity contribution in [2.45, 2.75) is 0 Å². The molecule has 124 valence electrons. The largest absolute Gasteiger partial charge is 0.507 e. The molecule has 1 amide bonds. The van der Waals surface area contributed by atoms with E-state index in [0.29, 0.717) is 0 Å². The molecule has 0 heterocycles. The summed E-state index contributed by atoms with van der Waals surface area (Å²) in [5.74, 6) is -2.67. The molecule has 0 spiro atoms. The number of nitrogens with one attached hydrogen (secondary N) is 1. The smallest absolute Gasteiger partial charge is 0.261 e. The molecule has 0 aromatic heterocycles. The van der Waals surface area contributed by atoms with Crippen molar-refractivity contribution >= 4 is 29.2 Å². The minimum atomic E-state index is -0.935. The Morgan fingerprint density at radius 2 is 2.16 bits per heavy atom. The summed E-state index contributed by atoms with van der Waals surface area (Å²) in [6, 6.07) is 6.27. The maximum atomic E-state index is 13.8. The highest BCUT2D eigenvalue weighted by Gasteiger charge is 2.24. The van der Waals surface area contributed by atoms with Gasteiger partial charge in [-0.05, 0) is 17.7 Å². The number of benzene rings is 2. The number of phenols is 1. The van der Waals surface area contributed by atoms with Crippen LogP contribution in [0, 0.1) is 23.8 Å². The van der Waals surface area contributed by atoms with Gasteiger partial charge < -0.3 is 10.8 Å². The minimum absolute atomic E-state index is 0.0359. The van der Waals surface area contributed by atoms with Crippen molar-refractivity contribution in [2.24, 2.45) is 10.7 Å². The number of nitriles is 1. The number of guanidine groups is 1. The van der Waals surface area contributed by atoms with Gasteiger partial charge in [-0.1, -0.05) is 29.8 Å². The molecule has 0 atom stereocenters. The van der Waals surface area contributed by atoms with Gasteiger partial charge in [-0.2, -0.15) is 5.26 Å². The van der Waals surface area contributed by atoms with Crippen molar-refractivity contribution < 1.29 is 14.3 Å². The van der Waals surface area contributed by atoms with E-state index in [2.05, 4.69) is 15.2 Å². The number of carbonyl (C=O) groups excluding carboxylic acids is 1. The molecule has 0 saturated heterocycles. The van der Waals surface area contributed by atoms with Gasteiger partial charge in [0.25, 0.3) is 5.91 Å². The number of phenolic OH excluding ortho intramolecular Hbond substituents is 1. The number of halogens is 2. The van der Waals surface area contributed by atoms with Crippen LogP contribution in [0.15, 0.2) is 35.3 Å². The predicted molar refractivity (Wildman–Crippen MR) is 89.5 cm³/mol. The molecule has 9 heteroatoms. The zero-order valence-corrected chi connectivity index (χ0v) is 13.2. The number of hydrogen-bond acceptors (Lipinski definition) is 4. The Morgan fingerprint density at radius 1 is 1.44 bits per heavy atom. The molecule has 7 nitrogen and oxygen atoms in total. The average Bonchev–Trinajstić information content (AvgIpc) is 2.57. The summed E-state index contributed by atoms with van der Waals surface area (Å²) in [6.07, 6.45) is 1.39. The molecule has 25 heavy (non-hydrogen) atoms. The van der Waals surface area contributed by atoms with Gasteiger partial charge in [-0.25, -0.2) is 9.24 Å². The van der Waals surface area contributed by atoms with Gasteiger partial charge in [0.1, 0.15) is 11.6 Å². The summed E-state index contributed by atoms with van der Waals surface area (Å²) in [7, 11) is 0. The van der Waals surface area contributed by atoms with Crippen LogP contribution in [0.5, 0.6) is 5.75 Å². The molecule has 2 rings (SSSR count). The molecule has 0 aliphatic heterocycles. The lowest BCUT2D eigenvalue weighted by atomic mass is 9.96. The maximum absolute atomic E-state index is 13.8. The Labute approximate surface area is 146 Å². The van der Waals surface area contributed by atoms with Crippen molar-refractivity contribution in [1.82, 2.24) is 5.32 Å². The Morgan fingerprint density at radius 3 is 2.80 bits per heavy atom. The van der Waals surface area contributed by atoms with Crippen LogP contribution in [0.2, 0.25) is 5.02 Å². The van der Waals surface area contributed by atoms with Crippen LogP contribution in [-0.4, -0.2) is 17.0 Å². The van der Waals surface area contributed by atoms with Gasteiger partial charge in [0.2, 0.25) is 12.2 Å². The first-order valence-corrected chi connectivity index (χ1v) is 7.00. The van der Waals surface area contributed by atoms with E-state index >= 15 is 0 Å². The molecule has 0 unspecified atom stereocenters. The molecule has 4 N–H and O–H groups in total. The number of aliphatic imine (C=N–C) groups is 1. The first-order chi connectivity index (χ1) is 11.9. The van der Waals surface area contributed by atoms with Gasteiger partial charge in [-0.15, -0.1) is 4.99 Å². The van der Waals surface area contributed by atoms with Gasteiger partial charge in [0, 0.05) is 5.56 Å². The molecule has 0 bridgehead atoms. The van der Waals surface area contributed by atoms with Crippen LogP contribution in [0.4, 0.5) is 10.1 Å². The number of hydrogen-bond donors (Lipinski definition) is 3. The molecule has 2 aromatic carbocycles. The van der Waals surface area contributed by atoms with E-state index in [0.717, 1.165) is 12.1 Å². The zero-order chi connectivity index (χ0) is 18.6. The summed E-state index contributed by atoms with van der Waals surface area (Å²) in [6.45, 7) is 7.26. The third kappa shape index (κ3) is 3.50. The van der Waals surface area contributed by atoms with E-state index in [1.165, 1.54) is 24.4 Å². The molecule has 0 fully saturated rings. The molecule has 0 saturated carbocycles. The monoisotopic (exact) mass is 357 g/mol. The Hall–Kier alpha value is -3.62. The lowest BCUT2D eigenvalue weighted by Crippen LogP contribution is -2.36. The predicted octanol–water partition coefficient (Wildman–Crippen LogP) is 2.93. The molecule has 2 aromatic rings.